The number of nitrogens with one attached hydrogen (secondary N) is 1. The molecule has 1 aliphatic heterocycles. The van der Waals surface area contributed by atoms with E-state index in [4.69, 9.17) is 0 Å². The van der Waals surface area contributed by atoms with Gasteiger partial charge >= 0.3 is 10.2 Å². The lowest BCUT2D eigenvalue weighted by molar-refractivity contribution is 0.0980. The van der Waals surface area contributed by atoms with Crippen molar-refractivity contribution in [3.05, 3.63) is 48.2 Å². The van der Waals surface area contributed by atoms with Gasteiger partial charge in [-0.1, -0.05) is 36.8 Å². The molecule has 0 unspecified atom stereocenters. The average molecular weight is 414 g/mol. The lowest BCUT2D eigenvalue weighted by Crippen LogP contribution is -2.45. The first-order valence-electron chi connectivity index (χ1n) is 9.74. The fourth-order valence-electron chi connectivity index (χ4n) is 3.57. The number of rotatable bonds is 5. The molecule has 152 valence electrons. The zero-order valence-electron chi connectivity index (χ0n) is 16.2. The Balaban J connectivity index is 1.75. The van der Waals surface area contributed by atoms with E-state index in [1.807, 2.05) is 37.3 Å². The zero-order chi connectivity index (χ0) is 20.4. The van der Waals surface area contributed by atoms with Gasteiger partial charge in [0.1, 0.15) is 0 Å². The number of fused-ring (bicyclic) bond motifs is 1. The van der Waals surface area contributed by atoms with Crippen LogP contribution in [-0.4, -0.2) is 46.5 Å². The molecular formula is C20H23N5O3S. The second-order valence-corrected chi connectivity index (χ2v) is 8.69. The van der Waals surface area contributed by atoms with Crippen molar-refractivity contribution >= 4 is 27.1 Å². The lowest BCUT2D eigenvalue weighted by atomic mass is 10.1. The van der Waals surface area contributed by atoms with Crippen LogP contribution in [-0.2, 0) is 16.8 Å². The van der Waals surface area contributed by atoms with Crippen LogP contribution in [0.3, 0.4) is 0 Å². The second-order valence-electron chi connectivity index (χ2n) is 7.01. The summed E-state index contributed by atoms with van der Waals surface area (Å²) in [6.45, 7) is 3.38. The maximum atomic E-state index is 13.0. The van der Waals surface area contributed by atoms with E-state index in [1.165, 1.54) is 4.31 Å². The number of carbonyl (C=O) groups excluding carboxylic acids is 1. The number of piperidine rings is 1. The molecule has 0 bridgehead atoms. The minimum Gasteiger partial charge on any atom is -0.268 e. The SMILES string of the molecule is CCn1ncc2c(C(=O)NS(=O)(=O)N3CCCCC3)cc(-c3ccccc3)nc21. The van der Waals surface area contributed by atoms with Gasteiger partial charge in [-0.05, 0) is 25.8 Å². The number of carbonyl (C=O) groups is 1. The molecule has 3 heterocycles. The number of aromatic nitrogens is 3. The van der Waals surface area contributed by atoms with Crippen molar-refractivity contribution in [3.8, 4) is 11.3 Å². The molecule has 1 N–H and O–H groups in total. The van der Waals surface area contributed by atoms with Gasteiger partial charge in [-0.25, -0.2) is 14.4 Å². The van der Waals surface area contributed by atoms with E-state index in [2.05, 4.69) is 14.8 Å². The summed E-state index contributed by atoms with van der Waals surface area (Å²) in [4.78, 5) is 17.7. The van der Waals surface area contributed by atoms with Gasteiger partial charge in [0.2, 0.25) is 0 Å². The molecule has 3 aromatic rings. The van der Waals surface area contributed by atoms with Crippen molar-refractivity contribution in [2.75, 3.05) is 13.1 Å². The normalized spacial score (nSPS) is 15.5. The van der Waals surface area contributed by atoms with Crippen LogP contribution in [0.25, 0.3) is 22.3 Å². The Hall–Kier alpha value is -2.78. The van der Waals surface area contributed by atoms with Crippen LogP contribution in [0.2, 0.25) is 0 Å². The summed E-state index contributed by atoms with van der Waals surface area (Å²) in [5.74, 6) is -0.671. The largest absolute Gasteiger partial charge is 0.304 e. The van der Waals surface area contributed by atoms with Gasteiger partial charge in [0.25, 0.3) is 5.91 Å². The molecule has 0 atom stereocenters. The Bertz CT molecular complexity index is 1140. The van der Waals surface area contributed by atoms with Gasteiger partial charge in [0, 0.05) is 25.2 Å². The third-order valence-corrected chi connectivity index (χ3v) is 6.59. The summed E-state index contributed by atoms with van der Waals surface area (Å²) in [5.41, 5.74) is 2.23. The predicted octanol–water partition coefficient (Wildman–Crippen LogP) is 2.58. The van der Waals surface area contributed by atoms with Gasteiger partial charge in [0.15, 0.2) is 5.65 Å². The van der Waals surface area contributed by atoms with Gasteiger partial charge < -0.3 is 0 Å². The highest BCUT2D eigenvalue weighted by atomic mass is 32.2. The van der Waals surface area contributed by atoms with Gasteiger partial charge in [-0.3, -0.25) is 4.79 Å². The van der Waals surface area contributed by atoms with Gasteiger partial charge in [-0.2, -0.15) is 17.8 Å². The number of nitrogens with zero attached hydrogens (tertiary/aromatic N) is 4. The van der Waals surface area contributed by atoms with E-state index in [1.54, 1.807) is 16.9 Å². The molecule has 1 fully saturated rings. The van der Waals surface area contributed by atoms with Crippen LogP contribution < -0.4 is 4.72 Å². The highest BCUT2D eigenvalue weighted by molar-refractivity contribution is 7.87. The second kappa shape index (κ2) is 7.92. The average Bonchev–Trinajstić information content (AvgIpc) is 3.17. The van der Waals surface area contributed by atoms with E-state index in [0.717, 1.165) is 24.8 Å². The van der Waals surface area contributed by atoms with Crippen molar-refractivity contribution in [1.29, 1.82) is 0 Å². The summed E-state index contributed by atoms with van der Waals surface area (Å²) in [5, 5.41) is 4.82. The Morgan fingerprint density at radius 3 is 2.55 bits per heavy atom. The molecule has 0 aliphatic carbocycles. The summed E-state index contributed by atoms with van der Waals surface area (Å²) in [6.07, 6.45) is 4.16. The van der Waals surface area contributed by atoms with Crippen LogP contribution in [0.4, 0.5) is 0 Å². The van der Waals surface area contributed by atoms with Crippen molar-refractivity contribution in [1.82, 2.24) is 23.8 Å². The van der Waals surface area contributed by atoms with Crippen molar-refractivity contribution in [2.24, 2.45) is 0 Å². The predicted molar refractivity (Wildman–Crippen MR) is 110 cm³/mol. The molecule has 8 nitrogen and oxygen atoms in total. The zero-order valence-corrected chi connectivity index (χ0v) is 17.0. The number of aryl methyl sites for hydroxylation is 1. The first-order chi connectivity index (χ1) is 14.0. The summed E-state index contributed by atoms with van der Waals surface area (Å²) < 4.78 is 30.6. The number of amides is 1. The molecule has 0 radical (unpaired) electrons. The van der Waals surface area contributed by atoms with E-state index in [0.29, 0.717) is 36.4 Å². The van der Waals surface area contributed by atoms with Crippen LogP contribution in [0.15, 0.2) is 42.6 Å². The van der Waals surface area contributed by atoms with Crippen LogP contribution in [0, 0.1) is 0 Å². The Kier molecular flexibility index (Phi) is 5.33. The molecule has 1 saturated heterocycles. The lowest BCUT2D eigenvalue weighted by Gasteiger charge is -2.25. The van der Waals surface area contributed by atoms with E-state index in [-0.39, 0.29) is 5.56 Å². The third kappa shape index (κ3) is 3.88. The maximum Gasteiger partial charge on any atom is 0.304 e. The van der Waals surface area contributed by atoms with E-state index >= 15 is 0 Å². The first kappa shape index (κ1) is 19.5. The Morgan fingerprint density at radius 1 is 1.14 bits per heavy atom. The highest BCUT2D eigenvalue weighted by Gasteiger charge is 2.27. The maximum absolute atomic E-state index is 13.0. The van der Waals surface area contributed by atoms with Gasteiger partial charge in [-0.15, -0.1) is 0 Å². The standard InChI is InChI=1S/C20H23N5O3S/c1-2-25-19-17(14-21-25)16(13-18(22-19)15-9-5-3-6-10-15)20(26)23-29(27,28)24-11-7-4-8-12-24/h3,5-6,9-10,13-14H,2,4,7-8,11-12H2,1H3,(H,23,26). The minimum absolute atomic E-state index is 0.245. The third-order valence-electron chi connectivity index (χ3n) is 5.10. The number of hydrogen-bond donors (Lipinski definition) is 1. The van der Waals surface area contributed by atoms with Crippen LogP contribution in [0.1, 0.15) is 36.5 Å². The summed E-state index contributed by atoms with van der Waals surface area (Å²) in [6, 6.07) is 11.1. The minimum atomic E-state index is -3.89. The van der Waals surface area contributed by atoms with Crippen molar-refractivity contribution in [3.63, 3.8) is 0 Å². The molecule has 1 amide bonds. The molecule has 4 rings (SSSR count). The van der Waals surface area contributed by atoms with Crippen LogP contribution in [0.5, 0.6) is 0 Å². The molecule has 29 heavy (non-hydrogen) atoms. The molecule has 1 aromatic carbocycles. The molecule has 9 heteroatoms. The fourth-order valence-corrected chi connectivity index (χ4v) is 4.78. The van der Waals surface area contributed by atoms with Gasteiger partial charge in [0.05, 0.1) is 22.8 Å². The summed E-state index contributed by atoms with van der Waals surface area (Å²) >= 11 is 0. The number of pyridine rings is 1. The molecule has 0 spiro atoms. The Morgan fingerprint density at radius 2 is 1.86 bits per heavy atom. The number of hydrogen-bond acceptors (Lipinski definition) is 5. The van der Waals surface area contributed by atoms with E-state index in [9.17, 15) is 13.2 Å². The topological polar surface area (TPSA) is 97.2 Å². The highest BCUT2D eigenvalue weighted by Crippen LogP contribution is 2.25. The van der Waals surface area contributed by atoms with Crippen LogP contribution >= 0.6 is 0 Å². The molecule has 0 saturated carbocycles. The van der Waals surface area contributed by atoms with Crippen molar-refractivity contribution in [2.45, 2.75) is 32.7 Å². The fraction of sp³-hybridized carbons (Fsp3) is 0.350. The molecule has 2 aromatic heterocycles. The Labute approximate surface area is 169 Å². The molecular weight excluding hydrogens is 390 g/mol. The summed E-state index contributed by atoms with van der Waals surface area (Å²) in [7, 11) is -3.89. The first-order valence-corrected chi connectivity index (χ1v) is 11.2. The quantitative estimate of drug-likeness (QED) is 0.693. The molecule has 1 aliphatic rings. The van der Waals surface area contributed by atoms with E-state index < -0.39 is 16.1 Å². The smallest absolute Gasteiger partial charge is 0.268 e. The monoisotopic (exact) mass is 413 g/mol. The van der Waals surface area contributed by atoms with Crippen molar-refractivity contribution < 1.29 is 13.2 Å². The number of benzene rings is 1.